The molecular formula is C11H15F2NO3S. The van der Waals surface area contributed by atoms with Crippen LogP contribution >= 0.6 is 0 Å². The van der Waals surface area contributed by atoms with E-state index in [1.807, 2.05) is 0 Å². The lowest BCUT2D eigenvalue weighted by atomic mass is 9.96. The molecule has 1 aromatic carbocycles. The van der Waals surface area contributed by atoms with E-state index < -0.39 is 32.0 Å². The monoisotopic (exact) mass is 279 g/mol. The number of hydrogen-bond donors (Lipinski definition) is 2. The molecule has 18 heavy (non-hydrogen) atoms. The zero-order valence-electron chi connectivity index (χ0n) is 10.1. The minimum Gasteiger partial charge on any atom is -0.396 e. The number of benzene rings is 1. The van der Waals surface area contributed by atoms with Gasteiger partial charge in [-0.05, 0) is 12.1 Å². The van der Waals surface area contributed by atoms with Crippen LogP contribution in [-0.2, 0) is 10.0 Å². The van der Waals surface area contributed by atoms with Gasteiger partial charge in [0.25, 0.3) is 0 Å². The summed E-state index contributed by atoms with van der Waals surface area (Å²) in [6.07, 6.45) is 0. The minimum absolute atomic E-state index is 0.0377. The molecule has 0 fully saturated rings. The van der Waals surface area contributed by atoms with E-state index in [-0.39, 0.29) is 13.2 Å². The molecule has 0 aliphatic carbocycles. The van der Waals surface area contributed by atoms with Crippen molar-refractivity contribution in [2.75, 3.05) is 13.2 Å². The van der Waals surface area contributed by atoms with Crippen LogP contribution in [0.5, 0.6) is 0 Å². The fraction of sp³-hybridized carbons (Fsp3) is 0.455. The van der Waals surface area contributed by atoms with E-state index in [2.05, 4.69) is 4.72 Å². The molecule has 0 amide bonds. The Bertz CT molecular complexity index is 509. The van der Waals surface area contributed by atoms with E-state index in [0.717, 1.165) is 12.1 Å². The van der Waals surface area contributed by atoms with E-state index in [4.69, 9.17) is 5.11 Å². The quantitative estimate of drug-likeness (QED) is 0.852. The average Bonchev–Trinajstić information content (AvgIpc) is 2.25. The summed E-state index contributed by atoms with van der Waals surface area (Å²) < 4.78 is 51.6. The molecule has 0 radical (unpaired) electrons. The summed E-state index contributed by atoms with van der Waals surface area (Å²) in [5.41, 5.74) is -0.654. The van der Waals surface area contributed by atoms with Gasteiger partial charge in [-0.15, -0.1) is 0 Å². The number of halogens is 2. The maximum absolute atomic E-state index is 12.9. The van der Waals surface area contributed by atoms with Crippen LogP contribution in [0.2, 0.25) is 0 Å². The number of sulfonamides is 1. The highest BCUT2D eigenvalue weighted by Gasteiger charge is 2.22. The Balaban J connectivity index is 2.93. The van der Waals surface area contributed by atoms with Crippen LogP contribution in [0.15, 0.2) is 23.1 Å². The van der Waals surface area contributed by atoms with Crippen LogP contribution in [0.25, 0.3) is 0 Å². The fourth-order valence-electron chi connectivity index (χ4n) is 1.11. The van der Waals surface area contributed by atoms with Crippen molar-refractivity contribution < 1.29 is 22.3 Å². The maximum Gasteiger partial charge on any atom is 0.240 e. The van der Waals surface area contributed by atoms with Crippen molar-refractivity contribution in [1.29, 1.82) is 0 Å². The molecule has 0 unspecified atom stereocenters. The van der Waals surface area contributed by atoms with Gasteiger partial charge in [0.05, 0.1) is 4.90 Å². The molecule has 0 atom stereocenters. The van der Waals surface area contributed by atoms with Crippen LogP contribution < -0.4 is 4.72 Å². The van der Waals surface area contributed by atoms with Crippen molar-refractivity contribution in [1.82, 2.24) is 4.72 Å². The van der Waals surface area contributed by atoms with Gasteiger partial charge in [0.15, 0.2) is 0 Å². The van der Waals surface area contributed by atoms with Crippen molar-refractivity contribution in [3.05, 3.63) is 29.8 Å². The Morgan fingerprint density at radius 2 is 1.72 bits per heavy atom. The van der Waals surface area contributed by atoms with Gasteiger partial charge >= 0.3 is 0 Å². The third-order valence-electron chi connectivity index (χ3n) is 2.32. The lowest BCUT2D eigenvalue weighted by Crippen LogP contribution is -2.36. The number of nitrogens with one attached hydrogen (secondary N) is 1. The molecule has 0 saturated carbocycles. The third-order valence-corrected chi connectivity index (χ3v) is 3.70. The van der Waals surface area contributed by atoms with Gasteiger partial charge < -0.3 is 5.11 Å². The normalized spacial score (nSPS) is 12.7. The summed E-state index contributed by atoms with van der Waals surface area (Å²) in [4.78, 5) is -0.478. The second kappa shape index (κ2) is 5.29. The smallest absolute Gasteiger partial charge is 0.240 e. The molecule has 0 aliphatic heterocycles. The summed E-state index contributed by atoms with van der Waals surface area (Å²) >= 11 is 0. The largest absolute Gasteiger partial charge is 0.396 e. The van der Waals surface area contributed by atoms with Gasteiger partial charge in [-0.2, -0.15) is 0 Å². The second-order valence-corrected chi connectivity index (χ2v) is 6.52. The first-order chi connectivity index (χ1) is 8.16. The molecule has 2 N–H and O–H groups in total. The summed E-state index contributed by atoms with van der Waals surface area (Å²) in [5.74, 6) is -1.92. The van der Waals surface area contributed by atoms with Crippen molar-refractivity contribution in [2.24, 2.45) is 5.41 Å². The van der Waals surface area contributed by atoms with E-state index in [1.54, 1.807) is 13.8 Å². The molecule has 7 heteroatoms. The number of aliphatic hydroxyl groups is 1. The van der Waals surface area contributed by atoms with Crippen LogP contribution in [0.4, 0.5) is 8.78 Å². The standard InChI is InChI=1S/C11H15F2NO3S/c1-11(2,7-15)6-14-18(16,17)10-4-8(12)3-9(13)5-10/h3-5,14-15H,6-7H2,1-2H3. The highest BCUT2D eigenvalue weighted by atomic mass is 32.2. The summed E-state index contributed by atoms with van der Waals surface area (Å²) in [5, 5.41) is 8.99. The molecule has 0 aromatic heterocycles. The Morgan fingerprint density at radius 1 is 1.22 bits per heavy atom. The molecule has 4 nitrogen and oxygen atoms in total. The van der Waals surface area contributed by atoms with Gasteiger partial charge in [0, 0.05) is 24.6 Å². The Hall–Kier alpha value is -1.05. The highest BCUT2D eigenvalue weighted by Crippen LogP contribution is 2.16. The SMILES string of the molecule is CC(C)(CO)CNS(=O)(=O)c1cc(F)cc(F)c1. The van der Waals surface area contributed by atoms with E-state index >= 15 is 0 Å². The fourth-order valence-corrected chi connectivity index (χ4v) is 2.40. The van der Waals surface area contributed by atoms with E-state index in [9.17, 15) is 17.2 Å². The predicted octanol–water partition coefficient (Wildman–Crippen LogP) is 1.26. The van der Waals surface area contributed by atoms with Gasteiger partial charge in [-0.25, -0.2) is 21.9 Å². The van der Waals surface area contributed by atoms with Crippen LogP contribution in [0, 0.1) is 17.0 Å². The molecule has 0 heterocycles. The summed E-state index contributed by atoms with van der Waals surface area (Å²) in [7, 11) is -3.99. The zero-order valence-corrected chi connectivity index (χ0v) is 10.9. The lowest BCUT2D eigenvalue weighted by molar-refractivity contribution is 0.163. The van der Waals surface area contributed by atoms with Gasteiger partial charge in [0.2, 0.25) is 10.0 Å². The minimum atomic E-state index is -3.99. The number of aliphatic hydroxyl groups excluding tert-OH is 1. The van der Waals surface area contributed by atoms with Gasteiger partial charge in [0.1, 0.15) is 11.6 Å². The van der Waals surface area contributed by atoms with Crippen molar-refractivity contribution in [2.45, 2.75) is 18.7 Å². The van der Waals surface area contributed by atoms with E-state index in [1.165, 1.54) is 0 Å². The molecular weight excluding hydrogens is 264 g/mol. The van der Waals surface area contributed by atoms with Gasteiger partial charge in [-0.1, -0.05) is 13.8 Å². The molecule has 0 spiro atoms. The number of hydrogen-bond acceptors (Lipinski definition) is 3. The third kappa shape index (κ3) is 4.01. The molecule has 0 saturated heterocycles. The Kier molecular flexibility index (Phi) is 4.41. The van der Waals surface area contributed by atoms with Crippen LogP contribution in [-0.4, -0.2) is 26.7 Å². The van der Waals surface area contributed by atoms with Crippen LogP contribution in [0.3, 0.4) is 0 Å². The first-order valence-electron chi connectivity index (χ1n) is 5.23. The molecule has 0 bridgehead atoms. The highest BCUT2D eigenvalue weighted by molar-refractivity contribution is 7.89. The van der Waals surface area contributed by atoms with Crippen molar-refractivity contribution >= 4 is 10.0 Å². The molecule has 1 aromatic rings. The molecule has 1 rings (SSSR count). The lowest BCUT2D eigenvalue weighted by Gasteiger charge is -2.21. The maximum atomic E-state index is 12.9. The Morgan fingerprint density at radius 3 is 2.17 bits per heavy atom. The van der Waals surface area contributed by atoms with Crippen LogP contribution in [0.1, 0.15) is 13.8 Å². The first-order valence-corrected chi connectivity index (χ1v) is 6.71. The Labute approximate surface area is 105 Å². The summed E-state index contributed by atoms with van der Waals surface area (Å²) in [6, 6.07) is 2.06. The molecule has 0 aliphatic rings. The summed E-state index contributed by atoms with van der Waals surface area (Å²) in [6.45, 7) is 3.06. The topological polar surface area (TPSA) is 66.4 Å². The van der Waals surface area contributed by atoms with Crippen molar-refractivity contribution in [3.8, 4) is 0 Å². The average molecular weight is 279 g/mol. The predicted molar refractivity (Wildman–Crippen MR) is 62.4 cm³/mol. The van der Waals surface area contributed by atoms with E-state index in [0.29, 0.717) is 6.07 Å². The van der Waals surface area contributed by atoms with Gasteiger partial charge in [-0.3, -0.25) is 0 Å². The molecule has 102 valence electrons. The zero-order chi connectivity index (χ0) is 14.0. The number of rotatable bonds is 5. The van der Waals surface area contributed by atoms with Crippen molar-refractivity contribution in [3.63, 3.8) is 0 Å². The first kappa shape index (κ1) is 15.0. The second-order valence-electron chi connectivity index (χ2n) is 4.75.